The number of hydrogen-bond donors (Lipinski definition) is 1. The largest absolute Gasteiger partial charge is 0.443 e. The number of ketones is 1. The highest BCUT2D eigenvalue weighted by Gasteiger charge is 2.31. The van der Waals surface area contributed by atoms with Crippen molar-refractivity contribution in [1.29, 1.82) is 0 Å². The molecule has 1 N–H and O–H groups in total. The number of Topliss-reactive ketones (excluding diaryl/α,β-unsaturated/α-hetero) is 1. The fourth-order valence-electron chi connectivity index (χ4n) is 2.53. The van der Waals surface area contributed by atoms with Crippen molar-refractivity contribution in [2.45, 2.75) is 31.9 Å². The SMILES string of the molecule is CC(=O)c1cc(C(=O)O[C@H](C(=O)NC2CC2)c2ccccc2)n(C)c1. The maximum atomic E-state index is 12.6. The molecule has 1 aliphatic carbocycles. The topological polar surface area (TPSA) is 77.4 Å². The van der Waals surface area contributed by atoms with E-state index in [1.165, 1.54) is 17.6 Å². The average molecular weight is 340 g/mol. The minimum atomic E-state index is -1.02. The predicted octanol–water partition coefficient (Wildman–Crippen LogP) is 2.40. The summed E-state index contributed by atoms with van der Waals surface area (Å²) in [6, 6.07) is 10.5. The molecule has 1 aromatic carbocycles. The van der Waals surface area contributed by atoms with Gasteiger partial charge in [0.2, 0.25) is 6.10 Å². The molecule has 0 bridgehead atoms. The summed E-state index contributed by atoms with van der Waals surface area (Å²) in [5, 5.41) is 2.87. The highest BCUT2D eigenvalue weighted by Crippen LogP contribution is 2.24. The van der Waals surface area contributed by atoms with Crippen molar-refractivity contribution in [1.82, 2.24) is 9.88 Å². The number of ether oxygens (including phenoxy) is 1. The van der Waals surface area contributed by atoms with Crippen molar-refractivity contribution < 1.29 is 19.1 Å². The van der Waals surface area contributed by atoms with Gasteiger partial charge in [0, 0.05) is 30.4 Å². The third-order valence-electron chi connectivity index (χ3n) is 4.11. The number of carbonyl (C=O) groups excluding carboxylic acids is 3. The van der Waals surface area contributed by atoms with Crippen LogP contribution in [0, 0.1) is 0 Å². The molecular formula is C19H20N2O4. The second kappa shape index (κ2) is 6.93. The van der Waals surface area contributed by atoms with Gasteiger partial charge in [-0.25, -0.2) is 4.79 Å². The molecular weight excluding hydrogens is 320 g/mol. The van der Waals surface area contributed by atoms with E-state index in [4.69, 9.17) is 4.74 Å². The molecule has 130 valence electrons. The van der Waals surface area contributed by atoms with Crippen LogP contribution in [0.25, 0.3) is 0 Å². The third kappa shape index (κ3) is 3.96. The second-order valence-electron chi connectivity index (χ2n) is 6.26. The molecule has 2 aromatic rings. The standard InChI is InChI=1S/C19H20N2O4/c1-12(22)14-10-16(21(2)11-14)19(24)25-17(13-6-4-3-5-7-13)18(23)20-15-8-9-15/h3-7,10-11,15,17H,8-9H2,1-2H3,(H,20,23)/t17-/m0/s1. The van der Waals surface area contributed by atoms with Gasteiger partial charge in [-0.2, -0.15) is 0 Å². The van der Waals surface area contributed by atoms with E-state index in [-0.39, 0.29) is 23.4 Å². The molecule has 1 saturated carbocycles. The minimum absolute atomic E-state index is 0.138. The third-order valence-corrected chi connectivity index (χ3v) is 4.11. The normalized spacial score (nSPS) is 14.6. The Labute approximate surface area is 145 Å². The van der Waals surface area contributed by atoms with Gasteiger partial charge in [-0.15, -0.1) is 0 Å². The number of rotatable bonds is 6. The van der Waals surface area contributed by atoms with Gasteiger partial charge in [0.1, 0.15) is 5.69 Å². The number of nitrogens with one attached hydrogen (secondary N) is 1. The van der Waals surface area contributed by atoms with Gasteiger partial charge in [-0.05, 0) is 25.8 Å². The maximum absolute atomic E-state index is 12.6. The lowest BCUT2D eigenvalue weighted by molar-refractivity contribution is -0.130. The maximum Gasteiger partial charge on any atom is 0.356 e. The van der Waals surface area contributed by atoms with Crippen LogP contribution in [0.3, 0.4) is 0 Å². The molecule has 0 aliphatic heterocycles. The van der Waals surface area contributed by atoms with Crippen LogP contribution in [0.1, 0.15) is 52.3 Å². The van der Waals surface area contributed by atoms with Crippen molar-refractivity contribution in [3.05, 3.63) is 59.4 Å². The molecule has 1 aromatic heterocycles. The van der Waals surface area contributed by atoms with E-state index in [1.807, 2.05) is 6.07 Å². The quantitative estimate of drug-likeness (QED) is 0.647. The Hall–Kier alpha value is -2.89. The molecule has 0 unspecified atom stereocenters. The van der Waals surface area contributed by atoms with Gasteiger partial charge in [-0.3, -0.25) is 9.59 Å². The van der Waals surface area contributed by atoms with Crippen LogP contribution in [0.2, 0.25) is 0 Å². The number of carbonyl (C=O) groups is 3. The summed E-state index contributed by atoms with van der Waals surface area (Å²) in [5.41, 5.74) is 1.26. The lowest BCUT2D eigenvalue weighted by Crippen LogP contribution is -2.33. The van der Waals surface area contributed by atoms with E-state index in [0.717, 1.165) is 12.8 Å². The van der Waals surface area contributed by atoms with E-state index in [9.17, 15) is 14.4 Å². The van der Waals surface area contributed by atoms with Crippen molar-refractivity contribution in [3.63, 3.8) is 0 Å². The van der Waals surface area contributed by atoms with Gasteiger partial charge in [0.15, 0.2) is 5.78 Å². The smallest absolute Gasteiger partial charge is 0.356 e. The van der Waals surface area contributed by atoms with E-state index in [1.54, 1.807) is 37.5 Å². The fraction of sp³-hybridized carbons (Fsp3) is 0.316. The van der Waals surface area contributed by atoms with Crippen LogP contribution < -0.4 is 5.32 Å². The van der Waals surface area contributed by atoms with Crippen LogP contribution in [-0.2, 0) is 16.6 Å². The molecule has 0 saturated heterocycles. The molecule has 1 atom stereocenters. The first-order chi connectivity index (χ1) is 12.0. The zero-order chi connectivity index (χ0) is 18.0. The Bertz CT molecular complexity index is 806. The number of aromatic nitrogens is 1. The monoisotopic (exact) mass is 340 g/mol. The van der Waals surface area contributed by atoms with Crippen LogP contribution in [0.5, 0.6) is 0 Å². The first kappa shape index (κ1) is 17.0. The summed E-state index contributed by atoms with van der Waals surface area (Å²) in [4.78, 5) is 36.6. The number of aryl methyl sites for hydroxylation is 1. The van der Waals surface area contributed by atoms with Crippen molar-refractivity contribution in [2.75, 3.05) is 0 Å². The van der Waals surface area contributed by atoms with Gasteiger partial charge in [0.25, 0.3) is 5.91 Å². The average Bonchev–Trinajstić information content (AvgIpc) is 3.31. The zero-order valence-electron chi connectivity index (χ0n) is 14.2. The minimum Gasteiger partial charge on any atom is -0.443 e. The van der Waals surface area contributed by atoms with Gasteiger partial charge in [0.05, 0.1) is 0 Å². The lowest BCUT2D eigenvalue weighted by atomic mass is 10.1. The summed E-state index contributed by atoms with van der Waals surface area (Å²) in [7, 11) is 1.66. The summed E-state index contributed by atoms with van der Waals surface area (Å²) >= 11 is 0. The van der Waals surface area contributed by atoms with Crippen molar-refractivity contribution in [3.8, 4) is 0 Å². The van der Waals surface area contributed by atoms with Crippen molar-refractivity contribution >= 4 is 17.7 Å². The molecule has 1 fully saturated rings. The first-order valence-corrected chi connectivity index (χ1v) is 8.19. The molecule has 25 heavy (non-hydrogen) atoms. The Morgan fingerprint density at radius 2 is 1.88 bits per heavy atom. The van der Waals surface area contributed by atoms with Crippen molar-refractivity contribution in [2.24, 2.45) is 7.05 Å². The number of hydrogen-bond acceptors (Lipinski definition) is 4. The molecule has 3 rings (SSSR count). The fourth-order valence-corrected chi connectivity index (χ4v) is 2.53. The highest BCUT2D eigenvalue weighted by atomic mass is 16.5. The van der Waals surface area contributed by atoms with E-state index in [2.05, 4.69) is 5.32 Å². The van der Waals surface area contributed by atoms with Crippen LogP contribution in [-0.4, -0.2) is 28.3 Å². The number of esters is 1. The second-order valence-corrected chi connectivity index (χ2v) is 6.26. The molecule has 1 amide bonds. The summed E-state index contributed by atoms with van der Waals surface area (Å²) in [6.07, 6.45) is 2.44. The number of nitrogens with zero attached hydrogens (tertiary/aromatic N) is 1. The number of amides is 1. The highest BCUT2D eigenvalue weighted by molar-refractivity contribution is 5.98. The van der Waals surface area contributed by atoms with Gasteiger partial charge >= 0.3 is 5.97 Å². The van der Waals surface area contributed by atoms with E-state index >= 15 is 0 Å². The molecule has 1 aliphatic rings. The summed E-state index contributed by atoms with van der Waals surface area (Å²) in [5.74, 6) is -1.11. The Balaban J connectivity index is 1.82. The summed E-state index contributed by atoms with van der Waals surface area (Å²) < 4.78 is 7.03. The molecule has 0 spiro atoms. The van der Waals surface area contributed by atoms with Gasteiger partial charge in [-0.1, -0.05) is 30.3 Å². The zero-order valence-corrected chi connectivity index (χ0v) is 14.2. The van der Waals surface area contributed by atoms with Crippen LogP contribution in [0.4, 0.5) is 0 Å². The van der Waals surface area contributed by atoms with Gasteiger partial charge < -0.3 is 14.6 Å². The molecule has 0 radical (unpaired) electrons. The van der Waals surface area contributed by atoms with Crippen LogP contribution >= 0.6 is 0 Å². The summed E-state index contributed by atoms with van der Waals surface area (Å²) in [6.45, 7) is 1.43. The molecule has 6 nitrogen and oxygen atoms in total. The first-order valence-electron chi connectivity index (χ1n) is 8.19. The Morgan fingerprint density at radius 1 is 1.20 bits per heavy atom. The van der Waals surface area contributed by atoms with E-state index < -0.39 is 12.1 Å². The predicted molar refractivity (Wildman–Crippen MR) is 91.2 cm³/mol. The molecule has 6 heteroatoms. The lowest BCUT2D eigenvalue weighted by Gasteiger charge is -2.18. The Kier molecular flexibility index (Phi) is 4.70. The number of benzene rings is 1. The molecule has 1 heterocycles. The Morgan fingerprint density at radius 3 is 2.44 bits per heavy atom. The van der Waals surface area contributed by atoms with Crippen LogP contribution in [0.15, 0.2) is 42.6 Å². The van der Waals surface area contributed by atoms with E-state index in [0.29, 0.717) is 11.1 Å².